The lowest BCUT2D eigenvalue weighted by Gasteiger charge is -2.16. The Labute approximate surface area is 89.4 Å². The molecule has 0 aromatic carbocycles. The molecule has 0 saturated carbocycles. The first kappa shape index (κ1) is 13.7. The van der Waals surface area contributed by atoms with Crippen LogP contribution in [-0.4, -0.2) is 49.4 Å². The van der Waals surface area contributed by atoms with Crippen LogP contribution < -0.4 is 5.32 Å². The van der Waals surface area contributed by atoms with E-state index in [0.29, 0.717) is 12.5 Å². The fourth-order valence-electron chi connectivity index (χ4n) is 1.07. The van der Waals surface area contributed by atoms with Gasteiger partial charge < -0.3 is 15.2 Å². The topological polar surface area (TPSA) is 58.6 Å². The molecule has 0 fully saturated rings. The lowest BCUT2D eigenvalue weighted by Crippen LogP contribution is -2.42. The molecule has 0 aliphatic carbocycles. The minimum Gasteiger partial charge on any atom is -0.480 e. The van der Waals surface area contributed by atoms with Gasteiger partial charge in [-0.1, -0.05) is 6.92 Å². The van der Waals surface area contributed by atoms with Crippen molar-refractivity contribution in [1.29, 1.82) is 0 Å². The van der Waals surface area contributed by atoms with E-state index in [-0.39, 0.29) is 6.61 Å². The Kier molecular flexibility index (Phi) is 7.93. The van der Waals surface area contributed by atoms with Gasteiger partial charge in [0.15, 0.2) is 0 Å². The second-order valence-electron chi connectivity index (χ2n) is 3.31. The van der Waals surface area contributed by atoms with Gasteiger partial charge in [-0.05, 0) is 24.5 Å². The molecule has 0 aliphatic heterocycles. The normalized spacial score (nSPS) is 15.1. The standard InChI is InChI=1S/C9H19NO3S/c1-7(6-14-3)4-10-8(5-13-2)9(11)12/h7-8,10H,4-6H2,1-3H3,(H,11,12). The maximum absolute atomic E-state index is 10.7. The van der Waals surface area contributed by atoms with E-state index >= 15 is 0 Å². The Morgan fingerprint density at radius 3 is 2.71 bits per heavy atom. The van der Waals surface area contributed by atoms with Gasteiger partial charge in [0.25, 0.3) is 0 Å². The summed E-state index contributed by atoms with van der Waals surface area (Å²) >= 11 is 1.76. The van der Waals surface area contributed by atoms with Crippen LogP contribution in [0.4, 0.5) is 0 Å². The summed E-state index contributed by atoms with van der Waals surface area (Å²) in [6.45, 7) is 3.01. The molecule has 0 bridgehead atoms. The monoisotopic (exact) mass is 221 g/mol. The quantitative estimate of drug-likeness (QED) is 0.631. The summed E-state index contributed by atoms with van der Waals surface area (Å²) in [7, 11) is 1.50. The van der Waals surface area contributed by atoms with Crippen LogP contribution in [0.2, 0.25) is 0 Å². The molecule has 84 valence electrons. The van der Waals surface area contributed by atoms with Crippen molar-refractivity contribution in [3.63, 3.8) is 0 Å². The largest absolute Gasteiger partial charge is 0.480 e. The highest BCUT2D eigenvalue weighted by molar-refractivity contribution is 7.98. The summed E-state index contributed by atoms with van der Waals surface area (Å²) in [5, 5.41) is 11.8. The second kappa shape index (κ2) is 8.08. The zero-order chi connectivity index (χ0) is 11.0. The third-order valence-electron chi connectivity index (χ3n) is 1.80. The molecular formula is C9H19NO3S. The second-order valence-corrected chi connectivity index (χ2v) is 4.23. The van der Waals surface area contributed by atoms with Crippen molar-refractivity contribution in [1.82, 2.24) is 5.32 Å². The summed E-state index contributed by atoms with van der Waals surface area (Å²) < 4.78 is 4.81. The van der Waals surface area contributed by atoms with Gasteiger partial charge in [-0.15, -0.1) is 0 Å². The molecule has 5 heteroatoms. The third kappa shape index (κ3) is 6.23. The van der Waals surface area contributed by atoms with Crippen LogP contribution in [0.5, 0.6) is 0 Å². The van der Waals surface area contributed by atoms with E-state index in [0.717, 1.165) is 5.75 Å². The molecule has 2 N–H and O–H groups in total. The van der Waals surface area contributed by atoms with Crippen molar-refractivity contribution in [2.75, 3.05) is 32.3 Å². The van der Waals surface area contributed by atoms with Crippen LogP contribution in [-0.2, 0) is 9.53 Å². The number of rotatable bonds is 8. The van der Waals surface area contributed by atoms with E-state index < -0.39 is 12.0 Å². The number of aliphatic carboxylic acids is 1. The molecule has 4 nitrogen and oxygen atoms in total. The molecule has 0 aromatic rings. The predicted octanol–water partition coefficient (Wildman–Crippen LogP) is 0.675. The van der Waals surface area contributed by atoms with E-state index in [1.807, 2.05) is 6.26 Å². The maximum atomic E-state index is 10.7. The number of ether oxygens (including phenoxy) is 1. The number of carbonyl (C=O) groups is 1. The summed E-state index contributed by atoms with van der Waals surface area (Å²) in [6, 6.07) is -0.593. The van der Waals surface area contributed by atoms with Crippen LogP contribution in [0.25, 0.3) is 0 Å². The van der Waals surface area contributed by atoms with Crippen LogP contribution >= 0.6 is 11.8 Å². The first-order valence-electron chi connectivity index (χ1n) is 4.55. The van der Waals surface area contributed by atoms with Crippen molar-refractivity contribution in [2.45, 2.75) is 13.0 Å². The van der Waals surface area contributed by atoms with Crippen LogP contribution in [0.1, 0.15) is 6.92 Å². The van der Waals surface area contributed by atoms with E-state index in [1.54, 1.807) is 11.8 Å². The Morgan fingerprint density at radius 1 is 1.64 bits per heavy atom. The van der Waals surface area contributed by atoms with E-state index in [1.165, 1.54) is 7.11 Å². The van der Waals surface area contributed by atoms with Crippen LogP contribution in [0.3, 0.4) is 0 Å². The molecule has 0 aliphatic rings. The molecule has 0 aromatic heterocycles. The number of hydrogen-bond donors (Lipinski definition) is 2. The van der Waals surface area contributed by atoms with Crippen molar-refractivity contribution >= 4 is 17.7 Å². The highest BCUT2D eigenvalue weighted by Gasteiger charge is 2.16. The van der Waals surface area contributed by atoms with Gasteiger partial charge >= 0.3 is 5.97 Å². The van der Waals surface area contributed by atoms with E-state index in [9.17, 15) is 4.79 Å². The Bertz CT molecular complexity index is 166. The van der Waals surface area contributed by atoms with Crippen molar-refractivity contribution < 1.29 is 14.6 Å². The minimum absolute atomic E-state index is 0.210. The SMILES string of the molecule is COCC(NCC(C)CSC)C(=O)O. The fourth-order valence-corrected chi connectivity index (χ4v) is 1.76. The summed E-state index contributed by atoms with van der Waals surface area (Å²) in [5.74, 6) is 0.652. The Morgan fingerprint density at radius 2 is 2.29 bits per heavy atom. The molecule has 14 heavy (non-hydrogen) atoms. The number of methoxy groups -OCH3 is 1. The van der Waals surface area contributed by atoms with E-state index in [4.69, 9.17) is 9.84 Å². The average Bonchev–Trinajstić information content (AvgIpc) is 2.12. The minimum atomic E-state index is -0.858. The molecule has 0 amide bonds. The number of nitrogens with one attached hydrogen (secondary N) is 1. The van der Waals surface area contributed by atoms with Gasteiger partial charge in [-0.2, -0.15) is 11.8 Å². The lowest BCUT2D eigenvalue weighted by molar-refractivity contribution is -0.140. The zero-order valence-electron chi connectivity index (χ0n) is 8.95. The van der Waals surface area contributed by atoms with Gasteiger partial charge in [0.2, 0.25) is 0 Å². The molecule has 0 saturated heterocycles. The lowest BCUT2D eigenvalue weighted by atomic mass is 10.2. The molecular weight excluding hydrogens is 202 g/mol. The average molecular weight is 221 g/mol. The molecule has 0 spiro atoms. The highest BCUT2D eigenvalue weighted by atomic mass is 32.2. The molecule has 2 unspecified atom stereocenters. The summed E-state index contributed by atoms with van der Waals surface area (Å²) in [4.78, 5) is 10.7. The van der Waals surface area contributed by atoms with Crippen LogP contribution in [0.15, 0.2) is 0 Å². The van der Waals surface area contributed by atoms with Gasteiger partial charge in [-0.3, -0.25) is 4.79 Å². The molecule has 0 radical (unpaired) electrons. The predicted molar refractivity (Wildman–Crippen MR) is 58.8 cm³/mol. The number of thioether (sulfide) groups is 1. The number of carboxylic acid groups (broad SMARTS) is 1. The summed E-state index contributed by atoms with van der Waals surface area (Å²) in [5.41, 5.74) is 0. The first-order valence-corrected chi connectivity index (χ1v) is 5.95. The smallest absolute Gasteiger partial charge is 0.323 e. The Balaban J connectivity index is 3.75. The van der Waals surface area contributed by atoms with Crippen molar-refractivity contribution in [2.24, 2.45) is 5.92 Å². The van der Waals surface area contributed by atoms with Gasteiger partial charge in [0, 0.05) is 7.11 Å². The van der Waals surface area contributed by atoms with Crippen molar-refractivity contribution in [3.8, 4) is 0 Å². The maximum Gasteiger partial charge on any atom is 0.323 e. The summed E-state index contributed by atoms with van der Waals surface area (Å²) in [6.07, 6.45) is 2.04. The first-order chi connectivity index (χ1) is 6.61. The van der Waals surface area contributed by atoms with E-state index in [2.05, 4.69) is 12.2 Å². The molecule has 2 atom stereocenters. The third-order valence-corrected chi connectivity index (χ3v) is 2.70. The zero-order valence-corrected chi connectivity index (χ0v) is 9.76. The van der Waals surface area contributed by atoms with Gasteiger partial charge in [0.1, 0.15) is 6.04 Å². The fraction of sp³-hybridized carbons (Fsp3) is 0.889. The molecule has 0 heterocycles. The van der Waals surface area contributed by atoms with Crippen molar-refractivity contribution in [3.05, 3.63) is 0 Å². The van der Waals surface area contributed by atoms with Gasteiger partial charge in [0.05, 0.1) is 6.61 Å². The van der Waals surface area contributed by atoms with Gasteiger partial charge in [-0.25, -0.2) is 0 Å². The molecule has 0 rings (SSSR count). The Hall–Kier alpha value is -0.260. The number of hydrogen-bond acceptors (Lipinski definition) is 4. The number of carboxylic acids is 1. The highest BCUT2D eigenvalue weighted by Crippen LogP contribution is 2.03. The van der Waals surface area contributed by atoms with Crippen LogP contribution in [0, 0.1) is 5.92 Å².